The fourth-order valence-electron chi connectivity index (χ4n) is 8.54. The Kier molecular flexibility index (Phi) is 5.37. The first-order chi connectivity index (χ1) is 16.8. The van der Waals surface area contributed by atoms with E-state index in [1.54, 1.807) is 0 Å². The third-order valence-corrected chi connectivity index (χ3v) is 10.2. The maximum Gasteiger partial charge on any atom is 0.171 e. The highest BCUT2D eigenvalue weighted by atomic mass is 16.7. The molecule has 6 atom stereocenters. The lowest BCUT2D eigenvalue weighted by atomic mass is 9.49. The van der Waals surface area contributed by atoms with Crippen LogP contribution in [0.1, 0.15) is 87.1 Å². The Labute approximate surface area is 207 Å². The number of ether oxygens (including phenoxy) is 2. The van der Waals surface area contributed by atoms with Gasteiger partial charge in [-0.15, -0.1) is 5.92 Å². The molecular formula is C30H36O5. The number of rotatable bonds is 2. The topological polar surface area (TPSA) is 76.0 Å². The fraction of sp³-hybridized carbons (Fsp3) is 0.633. The quantitative estimate of drug-likeness (QED) is 0.373. The summed E-state index contributed by atoms with van der Waals surface area (Å²) in [6, 6.07) is 7.89. The van der Waals surface area contributed by atoms with Crippen LogP contribution in [0, 0.1) is 29.1 Å². The van der Waals surface area contributed by atoms with Gasteiger partial charge in [-0.3, -0.25) is 4.79 Å². The monoisotopic (exact) mass is 476 g/mol. The number of allylic oxidation sites excluding steroid dienone is 1. The molecule has 5 nitrogen and oxygen atoms in total. The van der Waals surface area contributed by atoms with Gasteiger partial charge in [0.1, 0.15) is 11.9 Å². The predicted molar refractivity (Wildman–Crippen MR) is 132 cm³/mol. The van der Waals surface area contributed by atoms with E-state index in [2.05, 4.69) is 30.9 Å². The number of aliphatic hydroxyl groups is 2. The number of aldehydes is 1. The van der Waals surface area contributed by atoms with Crippen molar-refractivity contribution in [3.8, 4) is 11.8 Å². The lowest BCUT2D eigenvalue weighted by Crippen LogP contribution is -2.55. The van der Waals surface area contributed by atoms with Crippen molar-refractivity contribution in [1.29, 1.82) is 0 Å². The van der Waals surface area contributed by atoms with Crippen LogP contribution in [0.25, 0.3) is 0 Å². The van der Waals surface area contributed by atoms with Crippen molar-refractivity contribution >= 4 is 6.29 Å². The van der Waals surface area contributed by atoms with Crippen molar-refractivity contribution < 1.29 is 24.5 Å². The zero-order chi connectivity index (χ0) is 24.5. The normalized spacial score (nSPS) is 41.5. The molecule has 0 amide bonds. The van der Waals surface area contributed by atoms with Crippen LogP contribution in [0.4, 0.5) is 0 Å². The molecule has 6 rings (SSSR count). The van der Waals surface area contributed by atoms with Crippen molar-refractivity contribution in [2.45, 2.75) is 88.1 Å². The second kappa shape index (κ2) is 8.02. The van der Waals surface area contributed by atoms with Gasteiger partial charge >= 0.3 is 0 Å². The number of fused-ring (bicyclic) bond motifs is 4. The van der Waals surface area contributed by atoms with Gasteiger partial charge in [-0.25, -0.2) is 0 Å². The number of hydrogen-bond donors (Lipinski definition) is 2. The average molecular weight is 477 g/mol. The largest absolute Gasteiger partial charge is 0.385 e. The van der Waals surface area contributed by atoms with E-state index in [1.165, 1.54) is 11.1 Å². The summed E-state index contributed by atoms with van der Waals surface area (Å²) < 4.78 is 12.0. The van der Waals surface area contributed by atoms with Crippen molar-refractivity contribution in [2.75, 3.05) is 13.2 Å². The maximum atomic E-state index is 12.1. The molecule has 0 radical (unpaired) electrons. The molecule has 4 aliphatic carbocycles. The summed E-state index contributed by atoms with van der Waals surface area (Å²) in [7, 11) is 0. The smallest absolute Gasteiger partial charge is 0.171 e. The molecule has 3 saturated carbocycles. The van der Waals surface area contributed by atoms with Crippen LogP contribution in [-0.4, -0.2) is 46.7 Å². The lowest BCUT2D eigenvalue weighted by molar-refractivity contribution is -0.208. The van der Waals surface area contributed by atoms with Gasteiger partial charge in [-0.05, 0) is 68.4 Å². The Morgan fingerprint density at radius 1 is 1.06 bits per heavy atom. The van der Waals surface area contributed by atoms with Crippen molar-refractivity contribution in [1.82, 2.24) is 0 Å². The fourth-order valence-corrected chi connectivity index (χ4v) is 8.54. The van der Waals surface area contributed by atoms with Crippen LogP contribution in [-0.2, 0) is 9.47 Å². The summed E-state index contributed by atoms with van der Waals surface area (Å²) in [5.41, 5.74) is 2.12. The molecule has 4 fully saturated rings. The molecule has 1 heterocycles. The third kappa shape index (κ3) is 3.34. The molecule has 1 spiro atoms. The highest BCUT2D eigenvalue weighted by molar-refractivity contribution is 5.74. The number of benzene rings is 1. The van der Waals surface area contributed by atoms with Crippen LogP contribution in [0.5, 0.6) is 0 Å². The van der Waals surface area contributed by atoms with Gasteiger partial charge < -0.3 is 19.7 Å². The Hall–Kier alpha value is -1.97. The van der Waals surface area contributed by atoms with E-state index in [0.29, 0.717) is 49.9 Å². The molecule has 35 heavy (non-hydrogen) atoms. The first-order valence-corrected chi connectivity index (χ1v) is 13.2. The van der Waals surface area contributed by atoms with E-state index in [4.69, 9.17) is 9.47 Å². The van der Waals surface area contributed by atoms with Gasteiger partial charge in [-0.1, -0.05) is 42.7 Å². The van der Waals surface area contributed by atoms with Gasteiger partial charge in [0.2, 0.25) is 0 Å². The SMILES string of the molecule is CC#C[C@]1(O)CCC2C3CC[C@@]4(O)CC5(CCC4=C3C(c3ccc(C=O)cc3)C[C@@]21C)OCCO5. The van der Waals surface area contributed by atoms with Crippen LogP contribution in [0.2, 0.25) is 0 Å². The zero-order valence-corrected chi connectivity index (χ0v) is 20.8. The van der Waals surface area contributed by atoms with E-state index in [0.717, 1.165) is 44.0 Å². The van der Waals surface area contributed by atoms with Crippen LogP contribution < -0.4 is 0 Å². The highest BCUT2D eigenvalue weighted by Gasteiger charge is 2.64. The Morgan fingerprint density at radius 3 is 2.49 bits per heavy atom. The van der Waals surface area contributed by atoms with Gasteiger partial charge in [0.15, 0.2) is 5.79 Å². The molecule has 1 aromatic rings. The van der Waals surface area contributed by atoms with E-state index in [-0.39, 0.29) is 11.3 Å². The minimum Gasteiger partial charge on any atom is -0.385 e. The molecule has 5 heteroatoms. The van der Waals surface area contributed by atoms with Crippen LogP contribution >= 0.6 is 0 Å². The van der Waals surface area contributed by atoms with Gasteiger partial charge in [-0.2, -0.15) is 0 Å². The predicted octanol–water partition coefficient (Wildman–Crippen LogP) is 4.52. The first-order valence-electron chi connectivity index (χ1n) is 13.2. The molecule has 5 aliphatic rings. The molecular weight excluding hydrogens is 440 g/mol. The minimum atomic E-state index is -1.00. The Balaban J connectivity index is 1.49. The van der Waals surface area contributed by atoms with Crippen molar-refractivity contribution in [2.24, 2.45) is 17.3 Å². The maximum absolute atomic E-state index is 12.1. The molecule has 0 aromatic heterocycles. The second-order valence-electron chi connectivity index (χ2n) is 11.7. The summed E-state index contributed by atoms with van der Waals surface area (Å²) in [5, 5.41) is 23.8. The molecule has 1 saturated heterocycles. The minimum absolute atomic E-state index is 0.0755. The molecule has 186 valence electrons. The van der Waals surface area contributed by atoms with E-state index < -0.39 is 17.0 Å². The van der Waals surface area contributed by atoms with Crippen LogP contribution in [0.15, 0.2) is 35.4 Å². The van der Waals surface area contributed by atoms with Gasteiger partial charge in [0, 0.05) is 29.7 Å². The van der Waals surface area contributed by atoms with Crippen molar-refractivity contribution in [3.05, 3.63) is 46.5 Å². The summed E-state index contributed by atoms with van der Waals surface area (Å²) in [5.74, 6) is 6.28. The molecule has 3 unspecified atom stereocenters. The second-order valence-corrected chi connectivity index (χ2v) is 11.7. The summed E-state index contributed by atoms with van der Waals surface area (Å²) in [6.45, 7) is 5.23. The summed E-state index contributed by atoms with van der Waals surface area (Å²) in [4.78, 5) is 11.3. The molecule has 1 aliphatic heterocycles. The van der Waals surface area contributed by atoms with Crippen molar-refractivity contribution in [3.63, 3.8) is 0 Å². The Morgan fingerprint density at radius 2 is 1.80 bits per heavy atom. The third-order valence-electron chi connectivity index (χ3n) is 10.2. The zero-order valence-electron chi connectivity index (χ0n) is 20.8. The van der Waals surface area contributed by atoms with Gasteiger partial charge in [0.05, 0.1) is 18.8 Å². The first kappa shape index (κ1) is 23.4. The molecule has 0 bridgehead atoms. The average Bonchev–Trinajstić information content (AvgIpc) is 3.40. The van der Waals surface area contributed by atoms with E-state index in [9.17, 15) is 15.0 Å². The summed E-state index contributed by atoms with van der Waals surface area (Å²) in [6.07, 6.45) is 6.94. The van der Waals surface area contributed by atoms with E-state index >= 15 is 0 Å². The van der Waals surface area contributed by atoms with E-state index in [1.807, 2.05) is 19.1 Å². The highest BCUT2D eigenvalue weighted by Crippen LogP contribution is 2.67. The summed E-state index contributed by atoms with van der Waals surface area (Å²) >= 11 is 0. The molecule has 1 aromatic carbocycles. The van der Waals surface area contributed by atoms with Gasteiger partial charge in [0.25, 0.3) is 0 Å². The lowest BCUT2D eigenvalue weighted by Gasteiger charge is -2.57. The van der Waals surface area contributed by atoms with Crippen LogP contribution in [0.3, 0.4) is 0 Å². The Bertz CT molecular complexity index is 1120. The number of hydrogen-bond acceptors (Lipinski definition) is 5. The number of carbonyl (C=O) groups excluding carboxylic acids is 1. The standard InChI is InChI=1S/C30H36O5/c1-3-11-29(33)13-9-24-22-8-12-28(32)19-30(34-15-16-35-30)14-10-25(28)26(22)23(17-27(24,29)2)21-6-4-20(18-31)5-7-21/h4-7,18,22-24,32-33H,8-10,12-17,19H2,1-2H3/t22?,23?,24?,27-,28+,29-/m0/s1. The molecule has 2 N–H and O–H groups in total. The number of carbonyl (C=O) groups is 1.